The highest BCUT2D eigenvalue weighted by atomic mass is 19.4. The minimum absolute atomic E-state index is 0.0353. The fraction of sp³-hybridized carbons (Fsp3) is 0.0426. The van der Waals surface area contributed by atoms with Crippen LogP contribution in [0.15, 0.2) is 140 Å². The van der Waals surface area contributed by atoms with Crippen molar-refractivity contribution in [2.24, 2.45) is 0 Å². The van der Waals surface area contributed by atoms with Crippen LogP contribution >= 0.6 is 0 Å². The van der Waals surface area contributed by atoms with Crippen molar-refractivity contribution >= 4 is 43.6 Å². The first-order valence-corrected chi connectivity index (χ1v) is 17.7. The molecule has 278 valence electrons. The lowest BCUT2D eigenvalue weighted by Gasteiger charge is -2.22. The Hall–Kier alpha value is -7.81. The number of para-hydroxylation sites is 2. The summed E-state index contributed by atoms with van der Waals surface area (Å²) in [4.78, 5) is 0. The van der Waals surface area contributed by atoms with E-state index in [4.69, 9.17) is 0 Å². The standard InChI is InChI=1S/C47H23F6N5/c48-46(49,50)31-15-16-32(38(23-31)47(51,52)53)29-14-19-43(57-39-9-3-1-7-33(39)35-20-27(24-54)12-17-41(35)57)37(22-29)45-30(26-56)6-5-11-44(45)58-40-10-4-2-8-34(40)36-21-28(25-55)13-18-42(36)58/h1-23H. The highest BCUT2D eigenvalue weighted by Gasteiger charge is 2.38. The van der Waals surface area contributed by atoms with Gasteiger partial charge in [-0.25, -0.2) is 0 Å². The van der Waals surface area contributed by atoms with Crippen LogP contribution in [0.4, 0.5) is 26.3 Å². The lowest BCUT2D eigenvalue weighted by atomic mass is 9.90. The zero-order valence-electron chi connectivity index (χ0n) is 29.8. The van der Waals surface area contributed by atoms with E-state index in [1.54, 1.807) is 60.7 Å². The van der Waals surface area contributed by atoms with Crippen LogP contribution in [-0.2, 0) is 12.4 Å². The van der Waals surface area contributed by atoms with Gasteiger partial charge < -0.3 is 9.13 Å². The van der Waals surface area contributed by atoms with E-state index in [0.29, 0.717) is 56.2 Å². The molecule has 0 radical (unpaired) electrons. The molecule has 9 aromatic rings. The van der Waals surface area contributed by atoms with Crippen molar-refractivity contribution in [3.05, 3.63) is 167 Å². The average molecular weight is 772 g/mol. The highest BCUT2D eigenvalue weighted by molar-refractivity contribution is 6.12. The van der Waals surface area contributed by atoms with Gasteiger partial charge in [-0.1, -0.05) is 54.6 Å². The van der Waals surface area contributed by atoms with Gasteiger partial charge in [0.05, 0.1) is 79.5 Å². The number of hydrogen-bond donors (Lipinski definition) is 0. The maximum atomic E-state index is 14.7. The van der Waals surface area contributed by atoms with E-state index in [1.807, 2.05) is 57.7 Å². The van der Waals surface area contributed by atoms with Gasteiger partial charge in [-0.3, -0.25) is 0 Å². The number of benzene rings is 7. The quantitative estimate of drug-likeness (QED) is 0.167. The van der Waals surface area contributed by atoms with Gasteiger partial charge in [0.25, 0.3) is 0 Å². The molecule has 0 amide bonds. The number of nitrogens with zero attached hydrogens (tertiary/aromatic N) is 5. The molecule has 2 aromatic heterocycles. The molecule has 5 nitrogen and oxygen atoms in total. The summed E-state index contributed by atoms with van der Waals surface area (Å²) in [5, 5.41) is 33.4. The fourth-order valence-electron chi connectivity index (χ4n) is 8.01. The summed E-state index contributed by atoms with van der Waals surface area (Å²) >= 11 is 0. The molecule has 0 atom stereocenters. The van der Waals surface area contributed by atoms with Crippen LogP contribution in [0.5, 0.6) is 0 Å². The fourth-order valence-corrected chi connectivity index (χ4v) is 8.01. The lowest BCUT2D eigenvalue weighted by Crippen LogP contribution is -2.12. The molecule has 0 aliphatic carbocycles. The number of alkyl halides is 6. The monoisotopic (exact) mass is 771 g/mol. The van der Waals surface area contributed by atoms with Crippen molar-refractivity contribution in [3.8, 4) is 51.8 Å². The Balaban J connectivity index is 1.44. The van der Waals surface area contributed by atoms with Crippen molar-refractivity contribution in [1.82, 2.24) is 9.13 Å². The zero-order chi connectivity index (χ0) is 40.5. The van der Waals surface area contributed by atoms with Gasteiger partial charge in [-0.2, -0.15) is 42.1 Å². The molecule has 0 N–H and O–H groups in total. The topological polar surface area (TPSA) is 81.2 Å². The van der Waals surface area contributed by atoms with E-state index >= 15 is 0 Å². The Morgan fingerprint density at radius 1 is 0.431 bits per heavy atom. The summed E-state index contributed by atoms with van der Waals surface area (Å²) in [7, 11) is 0. The van der Waals surface area contributed by atoms with Crippen molar-refractivity contribution in [2.75, 3.05) is 0 Å². The average Bonchev–Trinajstić information content (AvgIpc) is 3.74. The summed E-state index contributed by atoms with van der Waals surface area (Å²) in [6.07, 6.45) is -10.2. The first kappa shape index (κ1) is 35.9. The van der Waals surface area contributed by atoms with E-state index in [1.165, 1.54) is 12.1 Å². The second-order valence-corrected chi connectivity index (χ2v) is 13.7. The molecule has 0 bridgehead atoms. The molecule has 0 saturated carbocycles. The number of aromatic nitrogens is 2. The predicted octanol–water partition coefficient (Wildman–Crippen LogP) is 12.9. The van der Waals surface area contributed by atoms with E-state index in [-0.39, 0.29) is 17.2 Å². The van der Waals surface area contributed by atoms with Gasteiger partial charge in [0.2, 0.25) is 0 Å². The molecule has 2 heterocycles. The number of hydrogen-bond acceptors (Lipinski definition) is 3. The minimum atomic E-state index is -5.15. The van der Waals surface area contributed by atoms with Gasteiger partial charge >= 0.3 is 12.4 Å². The number of nitriles is 3. The first-order valence-electron chi connectivity index (χ1n) is 17.7. The SMILES string of the molecule is N#Cc1ccc2c(c1)c1ccccc1n2-c1ccc(-c2ccc(C(F)(F)F)cc2C(F)(F)F)cc1-c1c(C#N)cccc1-n1c2ccccc2c2cc(C#N)ccc21. The van der Waals surface area contributed by atoms with Crippen molar-refractivity contribution in [1.29, 1.82) is 15.8 Å². The molecule has 58 heavy (non-hydrogen) atoms. The largest absolute Gasteiger partial charge is 0.417 e. The number of rotatable bonds is 4. The molecule has 11 heteroatoms. The van der Waals surface area contributed by atoms with Crippen molar-refractivity contribution in [3.63, 3.8) is 0 Å². The number of fused-ring (bicyclic) bond motifs is 6. The normalized spacial score (nSPS) is 11.9. The molecule has 0 aliphatic rings. The lowest BCUT2D eigenvalue weighted by molar-refractivity contribution is -0.142. The molecule has 0 spiro atoms. The Morgan fingerprint density at radius 2 is 1.00 bits per heavy atom. The van der Waals surface area contributed by atoms with Crippen LogP contribution in [0, 0.1) is 34.0 Å². The predicted molar refractivity (Wildman–Crippen MR) is 210 cm³/mol. The third-order valence-electron chi connectivity index (χ3n) is 10.5. The Morgan fingerprint density at radius 3 is 1.55 bits per heavy atom. The second-order valence-electron chi connectivity index (χ2n) is 13.7. The van der Waals surface area contributed by atoms with Crippen LogP contribution in [-0.4, -0.2) is 9.13 Å². The molecule has 0 aliphatic heterocycles. The van der Waals surface area contributed by atoms with Crippen LogP contribution in [0.3, 0.4) is 0 Å². The summed E-state index contributed by atoms with van der Waals surface area (Å²) in [5.41, 5.74) is 1.97. The van der Waals surface area contributed by atoms with Gasteiger partial charge in [-0.05, 0) is 96.1 Å². The summed E-state index contributed by atoms with van der Waals surface area (Å²) < 4.78 is 89.3. The van der Waals surface area contributed by atoms with Gasteiger partial charge in [0.15, 0.2) is 0 Å². The molecule has 0 saturated heterocycles. The van der Waals surface area contributed by atoms with Gasteiger partial charge in [-0.15, -0.1) is 0 Å². The van der Waals surface area contributed by atoms with Crippen LogP contribution in [0.1, 0.15) is 27.8 Å². The number of halogens is 6. The molecule has 0 unspecified atom stereocenters. The van der Waals surface area contributed by atoms with Gasteiger partial charge in [0.1, 0.15) is 0 Å². The highest BCUT2D eigenvalue weighted by Crippen LogP contribution is 2.46. The van der Waals surface area contributed by atoms with E-state index in [2.05, 4.69) is 18.2 Å². The minimum Gasteiger partial charge on any atom is -0.309 e. The van der Waals surface area contributed by atoms with E-state index in [0.717, 1.165) is 33.1 Å². The summed E-state index contributed by atoms with van der Waals surface area (Å²) in [6.45, 7) is 0. The Labute approximate surface area is 325 Å². The second kappa shape index (κ2) is 13.2. The molecule has 7 aromatic carbocycles. The van der Waals surface area contributed by atoms with Crippen LogP contribution in [0.2, 0.25) is 0 Å². The van der Waals surface area contributed by atoms with Crippen molar-refractivity contribution < 1.29 is 26.3 Å². The third-order valence-corrected chi connectivity index (χ3v) is 10.5. The Bertz CT molecular complexity index is 3310. The zero-order valence-corrected chi connectivity index (χ0v) is 29.8. The summed E-state index contributed by atoms with van der Waals surface area (Å²) in [5.74, 6) is 0. The van der Waals surface area contributed by atoms with Crippen molar-refractivity contribution in [2.45, 2.75) is 12.4 Å². The maximum Gasteiger partial charge on any atom is 0.417 e. The third kappa shape index (κ3) is 5.62. The Kier molecular flexibility index (Phi) is 8.13. The smallest absolute Gasteiger partial charge is 0.309 e. The van der Waals surface area contributed by atoms with E-state index < -0.39 is 29.0 Å². The molecule has 0 fully saturated rings. The maximum absolute atomic E-state index is 14.7. The van der Waals surface area contributed by atoms with Crippen LogP contribution in [0.25, 0.3) is 77.2 Å². The van der Waals surface area contributed by atoms with Gasteiger partial charge in [0, 0.05) is 32.7 Å². The summed E-state index contributed by atoms with van der Waals surface area (Å²) in [6, 6.07) is 43.2. The first-order chi connectivity index (χ1) is 27.9. The molecular weight excluding hydrogens is 749 g/mol. The molecular formula is C47H23F6N5. The van der Waals surface area contributed by atoms with Crippen LogP contribution < -0.4 is 0 Å². The van der Waals surface area contributed by atoms with E-state index in [9.17, 15) is 42.1 Å². The molecule has 9 rings (SSSR count).